The maximum atomic E-state index is 14.8. The van der Waals surface area contributed by atoms with Crippen LogP contribution in [0.5, 0.6) is 11.5 Å². The second-order valence-corrected chi connectivity index (χ2v) is 31.1. The van der Waals surface area contributed by atoms with Crippen molar-refractivity contribution in [3.63, 3.8) is 0 Å². The van der Waals surface area contributed by atoms with E-state index in [1.807, 2.05) is 16.0 Å². The number of phenols is 2. The number of benzene rings is 2. The molecule has 0 aliphatic heterocycles. The molecule has 0 saturated carbocycles. The number of amides is 17. The quantitative estimate of drug-likeness (QED) is 0.0166. The number of aromatic hydroxyl groups is 2. The van der Waals surface area contributed by atoms with Gasteiger partial charge in [-0.25, -0.2) is 0 Å². The Bertz CT molecular complexity index is 4360. The summed E-state index contributed by atoms with van der Waals surface area (Å²) < 4.78 is 0. The highest BCUT2D eigenvalue weighted by Crippen LogP contribution is 2.17. The molecule has 133 heavy (non-hydrogen) atoms. The van der Waals surface area contributed by atoms with Crippen LogP contribution in [0, 0.1) is 22.7 Å². The van der Waals surface area contributed by atoms with Gasteiger partial charge in [0.05, 0.1) is 57.8 Å². The number of nitrogens with two attached hydrogens (primary N) is 5. The first-order chi connectivity index (χ1) is 62.5. The lowest BCUT2D eigenvalue weighted by Gasteiger charge is -2.28. The first-order valence-corrected chi connectivity index (χ1v) is 41.9. The zero-order valence-corrected chi connectivity index (χ0v) is 73.9. The Balaban J connectivity index is 2.49. The molecule has 17 atom stereocenters. The molecule has 54 heteroatoms. The molecule has 0 radical (unpaired) electrons. The number of hydrogen-bond donors (Lipinski definition) is 34. The third-order valence-corrected chi connectivity index (χ3v) is 19.8. The average molecular weight is 1890 g/mol. The van der Waals surface area contributed by atoms with E-state index >= 15 is 0 Å². The number of carboxylic acids is 3. The third kappa shape index (κ3) is 43.4. The van der Waals surface area contributed by atoms with E-state index in [1.165, 1.54) is 62.4 Å². The van der Waals surface area contributed by atoms with Gasteiger partial charge in [0.1, 0.15) is 103 Å². The van der Waals surface area contributed by atoms with Crippen LogP contribution in [0.4, 0.5) is 0 Å². The number of guanidine groups is 2. The molecule has 2 rings (SSSR count). The van der Waals surface area contributed by atoms with Crippen molar-refractivity contribution in [3.05, 3.63) is 59.7 Å². The predicted octanol–water partition coefficient (Wildman–Crippen LogP) is -13.1. The Morgan fingerprint density at radius 1 is 0.361 bits per heavy atom. The third-order valence-electron chi connectivity index (χ3n) is 19.8. The van der Waals surface area contributed by atoms with Gasteiger partial charge in [0.15, 0.2) is 11.9 Å². The summed E-state index contributed by atoms with van der Waals surface area (Å²) in [5.74, 6) is -28.5. The molecule has 0 bridgehead atoms. The highest BCUT2D eigenvalue weighted by Gasteiger charge is 2.40. The Labute approximate surface area is 761 Å². The highest BCUT2D eigenvalue weighted by molar-refractivity contribution is 6.02. The Morgan fingerprint density at radius 3 is 1.16 bits per heavy atom. The van der Waals surface area contributed by atoms with Gasteiger partial charge in [0, 0.05) is 25.9 Å². The van der Waals surface area contributed by atoms with Gasteiger partial charge < -0.3 is 170 Å². The van der Waals surface area contributed by atoms with Crippen LogP contribution >= 0.6 is 0 Å². The first-order valence-electron chi connectivity index (χ1n) is 41.9. The van der Waals surface area contributed by atoms with Gasteiger partial charge in [-0.05, 0) is 113 Å². The van der Waals surface area contributed by atoms with Crippen molar-refractivity contribution in [1.82, 2.24) is 95.7 Å². The largest absolute Gasteiger partial charge is 0.508 e. The number of unbranched alkanes of at least 4 members (excludes halogenated alkanes) is 1. The van der Waals surface area contributed by atoms with Gasteiger partial charge in [-0.2, -0.15) is 0 Å². The topological polar surface area (TPSA) is 918 Å². The van der Waals surface area contributed by atoms with Gasteiger partial charge >= 0.3 is 17.9 Å². The molecule has 2 aromatic carbocycles. The van der Waals surface area contributed by atoms with E-state index in [2.05, 4.69) is 79.8 Å². The lowest BCUT2D eigenvalue weighted by molar-refractivity contribution is -0.142. The minimum absolute atomic E-state index is 0.0121. The number of carbonyl (C=O) groups is 20. The molecule has 0 spiro atoms. The normalized spacial score (nSPS) is 14.8. The molecule has 0 heterocycles. The van der Waals surface area contributed by atoms with E-state index in [0.29, 0.717) is 25.7 Å². The van der Waals surface area contributed by atoms with Crippen molar-refractivity contribution in [1.29, 1.82) is 10.8 Å². The molecule has 740 valence electrons. The Hall–Kier alpha value is -14.3. The summed E-state index contributed by atoms with van der Waals surface area (Å²) in [4.78, 5) is 270. The Morgan fingerprint density at radius 2 is 0.707 bits per heavy atom. The number of aliphatic carboxylic acids is 3. The fraction of sp³-hybridized carbons (Fsp3) is 0.570. The maximum Gasteiger partial charge on any atom is 0.322 e. The number of hydrogen-bond acceptors (Lipinski definition) is 30. The molecule has 0 aliphatic rings. The summed E-state index contributed by atoms with van der Waals surface area (Å²) in [7, 11) is 0. The van der Waals surface area contributed by atoms with E-state index < -0.39 is 304 Å². The SMILES string of the molecule is CC[C@H](C)[C@H](NC(=O)[C@@H](N)CCCNC(=N)N)C(=O)N[C@@H](CO)C(=O)N[C@@H](CO)C(=O)N[C@@H](CC(=O)O)C(=O)NCC(=O)N[C@@H](CCCNC(=N)N)C(=O)N[C@@H](CC(N)=O)C(=O)N[C@H](C(=O)N[C@@H](Cc1ccc(O)cc1)C(=O)N[C@@H](Cc1ccc(O)cc1)C(=O)N[C@@H](C)C(=O)N[C@@H](CC(=O)O)C(=O)N[C@@H](CO)C(=O)N[C@H](C(=O)N[C@@H](CCCCN)C(=O)NCC(=O)O)C(C)C)[C@@H](C)O. The van der Waals surface area contributed by atoms with Crippen LogP contribution in [0.15, 0.2) is 48.5 Å². The van der Waals surface area contributed by atoms with Crippen LogP contribution in [0.2, 0.25) is 0 Å². The maximum absolute atomic E-state index is 14.8. The summed E-state index contributed by atoms with van der Waals surface area (Å²) in [6.45, 7) is 2.92. The number of carboxylic acid groups (broad SMARTS) is 3. The summed E-state index contributed by atoms with van der Waals surface area (Å²) >= 11 is 0. The summed E-state index contributed by atoms with van der Waals surface area (Å²) in [6, 6.07) is -17.0. The van der Waals surface area contributed by atoms with Crippen LogP contribution in [0.25, 0.3) is 0 Å². The zero-order chi connectivity index (χ0) is 101. The molecular formula is C79H125N25O29. The molecule has 0 unspecified atom stereocenters. The molecule has 39 N–H and O–H groups in total. The summed E-state index contributed by atoms with van der Waals surface area (Å²) in [5, 5.41) is 146. The molecule has 17 amide bonds. The summed E-state index contributed by atoms with van der Waals surface area (Å²) in [6.07, 6.45) is -5.76. The van der Waals surface area contributed by atoms with Crippen molar-refractivity contribution in [3.8, 4) is 11.5 Å². The lowest BCUT2D eigenvalue weighted by atomic mass is 9.97. The Kier molecular flexibility index (Phi) is 51.0. The van der Waals surface area contributed by atoms with Crippen LogP contribution < -0.4 is 124 Å². The van der Waals surface area contributed by atoms with Crippen LogP contribution in [0.1, 0.15) is 123 Å². The van der Waals surface area contributed by atoms with Gasteiger partial charge in [-0.1, -0.05) is 58.4 Å². The molecule has 0 saturated heterocycles. The van der Waals surface area contributed by atoms with Gasteiger partial charge in [-0.3, -0.25) is 107 Å². The molecule has 2 aromatic rings. The van der Waals surface area contributed by atoms with Gasteiger partial charge in [0.25, 0.3) is 0 Å². The minimum Gasteiger partial charge on any atom is -0.508 e. The number of aliphatic hydroxyl groups excluding tert-OH is 4. The molecule has 0 fully saturated rings. The average Bonchev–Trinajstić information content (AvgIpc) is 0.852. The second kappa shape index (κ2) is 59.1. The number of nitrogens with one attached hydrogen (secondary N) is 20. The minimum atomic E-state index is -2.17. The predicted molar refractivity (Wildman–Crippen MR) is 465 cm³/mol. The zero-order valence-electron chi connectivity index (χ0n) is 73.9. The highest BCUT2D eigenvalue weighted by atomic mass is 16.4. The van der Waals surface area contributed by atoms with E-state index in [0.717, 1.165) is 13.8 Å². The van der Waals surface area contributed by atoms with Crippen molar-refractivity contribution in [2.75, 3.05) is 52.5 Å². The van der Waals surface area contributed by atoms with Crippen LogP contribution in [-0.4, -0.2) is 325 Å². The monoisotopic (exact) mass is 1890 g/mol. The van der Waals surface area contributed by atoms with Crippen molar-refractivity contribution in [2.24, 2.45) is 40.5 Å². The van der Waals surface area contributed by atoms with Gasteiger partial charge in [0.2, 0.25) is 100 Å². The van der Waals surface area contributed by atoms with Gasteiger partial charge in [-0.15, -0.1) is 0 Å². The standard InChI is InChI=1S/C79H125N25O29/c1-7-37(4)61(103-64(120)44(81)12-10-24-87-78(83)84)76(132)101-53(34-106)73(129)100-52(33-105)72(128)97-50(29-57(113)114)66(122)89-31-56(112)92-46(14-11-25-88-79(85)86)67(123)96-49(28-55(82)111)71(127)104-62(39(6)108)77(133)98-48(27-41-17-21-43(110)22-18-41)69(125)95-47(26-40-15-19-42(109)20-16-40)68(124)91-38(5)63(119)94-51(30-58(115)116)70(126)99-54(35-107)74(130)102-60(36(2)3)75(131)93-45(13-8-9-23-80)65(121)90-32-59(117)118/h15-22,36-39,44-54,60-62,105-110H,7-14,23-35,80-81H2,1-6H3,(H2,82,111)(H,89,122)(H,90,121)(H,91,124)(H,92,112)(H,93,131)(H,94,119)(H,95,125)(H,96,123)(H,97,128)(H,98,133)(H,99,126)(H,100,129)(H,101,132)(H,102,130)(H,103,120)(H,104,127)(H,113,114)(H,115,116)(H,117,118)(H4,83,84,87)(H4,85,86,88)/t37-,38-,39+,44-,45-,46-,47-,48-,49-,50-,51-,52-,53-,54-,60-,61-,62-/m0/s1. The van der Waals surface area contributed by atoms with E-state index in [-0.39, 0.29) is 67.5 Å². The fourth-order valence-electron chi connectivity index (χ4n) is 12.2. The second-order valence-electron chi connectivity index (χ2n) is 31.1. The molecule has 0 aromatic heterocycles. The van der Waals surface area contributed by atoms with Crippen molar-refractivity contribution >= 4 is 130 Å². The van der Waals surface area contributed by atoms with Crippen molar-refractivity contribution < 1.29 is 142 Å². The van der Waals surface area contributed by atoms with E-state index in [4.69, 9.17) is 44.6 Å². The molecule has 54 nitrogen and oxygen atoms in total. The fourth-order valence-corrected chi connectivity index (χ4v) is 12.2. The number of aliphatic hydroxyl groups is 4. The number of rotatable bonds is 62. The van der Waals surface area contributed by atoms with Crippen molar-refractivity contribution in [2.45, 2.75) is 222 Å². The number of primary amides is 1. The molecular weight excluding hydrogens is 1760 g/mol. The smallest absolute Gasteiger partial charge is 0.322 e. The lowest BCUT2D eigenvalue weighted by Crippen LogP contribution is -2.62. The number of phenolic OH excluding ortho intramolecular Hbond substituents is 2. The first kappa shape index (κ1) is 115. The van der Waals surface area contributed by atoms with E-state index in [9.17, 15) is 137 Å². The molecule has 0 aliphatic carbocycles. The van der Waals surface area contributed by atoms with E-state index in [1.54, 1.807) is 13.8 Å². The summed E-state index contributed by atoms with van der Waals surface area (Å²) in [5.41, 5.74) is 28.2. The number of carbonyl (C=O) groups excluding carboxylic acids is 17. The van der Waals surface area contributed by atoms with Crippen LogP contribution in [0.3, 0.4) is 0 Å². The van der Waals surface area contributed by atoms with Crippen LogP contribution in [-0.2, 0) is 109 Å².